The maximum absolute atomic E-state index is 11.5. The number of rotatable bonds is 6. The Hall–Kier alpha value is -1.03. The first-order valence-electron chi connectivity index (χ1n) is 8.69. The molecule has 1 aliphatic heterocycles. The van der Waals surface area contributed by atoms with E-state index in [1.54, 1.807) is 7.05 Å². The molecule has 0 bridgehead atoms. The van der Waals surface area contributed by atoms with Gasteiger partial charge in [0.1, 0.15) is 5.75 Å². The van der Waals surface area contributed by atoms with E-state index >= 15 is 0 Å². The second-order valence-corrected chi connectivity index (χ2v) is 8.88. The summed E-state index contributed by atoms with van der Waals surface area (Å²) < 4.78 is 28.9. The highest BCUT2D eigenvalue weighted by Crippen LogP contribution is 2.23. The van der Waals surface area contributed by atoms with Crippen LogP contribution in [0.25, 0.3) is 0 Å². The first-order valence-corrected chi connectivity index (χ1v) is 10.5. The van der Waals surface area contributed by atoms with E-state index in [0.29, 0.717) is 25.5 Å². The summed E-state index contributed by atoms with van der Waals surface area (Å²) in [5.41, 5.74) is 3.62. The fourth-order valence-electron chi connectivity index (χ4n) is 2.91. The minimum absolute atomic E-state index is 0. The van der Waals surface area contributed by atoms with Crippen LogP contribution in [0.1, 0.15) is 29.5 Å². The molecule has 1 heterocycles. The standard InChI is InChI=1S/C18H29N3O3S.HI/c1-13-10-14(2)15(3)17(11-13)24-8-5-7-20-18(19-4)21-16-6-9-25(22,23)12-16;/h10-11,16H,5-9,12H2,1-4H3,(H2,19,20,21);1H. The van der Waals surface area contributed by atoms with Gasteiger partial charge in [0.15, 0.2) is 15.8 Å². The molecule has 2 rings (SSSR count). The topological polar surface area (TPSA) is 79.8 Å². The molecule has 0 saturated carbocycles. The van der Waals surface area contributed by atoms with E-state index in [9.17, 15) is 8.42 Å². The van der Waals surface area contributed by atoms with Crippen LogP contribution in [0.4, 0.5) is 0 Å². The van der Waals surface area contributed by atoms with Crippen molar-refractivity contribution in [2.75, 3.05) is 31.7 Å². The zero-order chi connectivity index (χ0) is 18.4. The Morgan fingerprint density at radius 1 is 1.31 bits per heavy atom. The van der Waals surface area contributed by atoms with Gasteiger partial charge in [0, 0.05) is 19.6 Å². The van der Waals surface area contributed by atoms with Crippen molar-refractivity contribution in [3.8, 4) is 5.75 Å². The van der Waals surface area contributed by atoms with E-state index in [-0.39, 0.29) is 41.5 Å². The molecule has 1 atom stereocenters. The van der Waals surface area contributed by atoms with E-state index in [0.717, 1.165) is 12.2 Å². The van der Waals surface area contributed by atoms with Crippen LogP contribution < -0.4 is 15.4 Å². The summed E-state index contributed by atoms with van der Waals surface area (Å²) in [4.78, 5) is 4.15. The molecule has 8 heteroatoms. The Kier molecular flexibility index (Phi) is 9.15. The molecule has 1 fully saturated rings. The summed E-state index contributed by atoms with van der Waals surface area (Å²) in [7, 11) is -1.20. The normalized spacial score (nSPS) is 18.9. The highest BCUT2D eigenvalue weighted by atomic mass is 127. The number of benzene rings is 1. The fraction of sp³-hybridized carbons (Fsp3) is 0.611. The Labute approximate surface area is 174 Å². The van der Waals surface area contributed by atoms with Gasteiger partial charge in [0.25, 0.3) is 0 Å². The van der Waals surface area contributed by atoms with Gasteiger partial charge >= 0.3 is 0 Å². The fourth-order valence-corrected chi connectivity index (χ4v) is 4.58. The predicted molar refractivity (Wildman–Crippen MR) is 118 cm³/mol. The number of aliphatic imine (C=N–C) groups is 1. The summed E-state index contributed by atoms with van der Waals surface area (Å²) in [5, 5.41) is 6.38. The van der Waals surface area contributed by atoms with Crippen LogP contribution in [0.3, 0.4) is 0 Å². The van der Waals surface area contributed by atoms with Crippen LogP contribution in [0.2, 0.25) is 0 Å². The lowest BCUT2D eigenvalue weighted by Gasteiger charge is -2.16. The summed E-state index contributed by atoms with van der Waals surface area (Å²) in [6, 6.07) is 4.17. The molecule has 26 heavy (non-hydrogen) atoms. The number of ether oxygens (including phenoxy) is 1. The quantitative estimate of drug-likeness (QED) is 0.274. The lowest BCUT2D eigenvalue weighted by atomic mass is 10.1. The molecular formula is C18H30IN3O3S. The summed E-state index contributed by atoms with van der Waals surface area (Å²) in [5.74, 6) is 2.02. The monoisotopic (exact) mass is 495 g/mol. The van der Waals surface area contributed by atoms with Crippen molar-refractivity contribution in [3.05, 3.63) is 28.8 Å². The second kappa shape index (κ2) is 10.3. The molecule has 2 N–H and O–H groups in total. The highest BCUT2D eigenvalue weighted by Gasteiger charge is 2.28. The number of sulfone groups is 1. The molecular weight excluding hydrogens is 465 g/mol. The van der Waals surface area contributed by atoms with Crippen molar-refractivity contribution >= 4 is 39.8 Å². The molecule has 0 amide bonds. The number of nitrogens with zero attached hydrogens (tertiary/aromatic N) is 1. The van der Waals surface area contributed by atoms with E-state index in [2.05, 4.69) is 48.5 Å². The third-order valence-corrected chi connectivity index (χ3v) is 6.20. The van der Waals surface area contributed by atoms with Gasteiger partial charge in [-0.25, -0.2) is 8.42 Å². The number of aryl methyl sites for hydroxylation is 2. The minimum atomic E-state index is -2.89. The number of hydrogen-bond donors (Lipinski definition) is 2. The zero-order valence-electron chi connectivity index (χ0n) is 16.0. The molecule has 0 aliphatic carbocycles. The van der Waals surface area contributed by atoms with Gasteiger partial charge in [0.2, 0.25) is 0 Å². The van der Waals surface area contributed by atoms with Gasteiger partial charge in [0.05, 0.1) is 18.1 Å². The van der Waals surface area contributed by atoms with Crippen LogP contribution in [-0.2, 0) is 9.84 Å². The average Bonchev–Trinajstić information content (AvgIpc) is 2.89. The number of hydrogen-bond acceptors (Lipinski definition) is 4. The Morgan fingerprint density at radius 3 is 2.65 bits per heavy atom. The van der Waals surface area contributed by atoms with Crippen molar-refractivity contribution in [1.29, 1.82) is 0 Å². The summed E-state index contributed by atoms with van der Waals surface area (Å²) in [6.07, 6.45) is 1.47. The number of halogens is 1. The van der Waals surface area contributed by atoms with Gasteiger partial charge in [-0.1, -0.05) is 6.07 Å². The largest absolute Gasteiger partial charge is 0.493 e. The summed E-state index contributed by atoms with van der Waals surface area (Å²) in [6.45, 7) is 7.56. The molecule has 1 aliphatic rings. The molecule has 148 valence electrons. The van der Waals surface area contributed by atoms with Crippen LogP contribution in [0.15, 0.2) is 17.1 Å². The van der Waals surface area contributed by atoms with E-state index in [1.807, 2.05) is 0 Å². The van der Waals surface area contributed by atoms with Crippen molar-refractivity contribution in [3.63, 3.8) is 0 Å². The molecule has 1 saturated heterocycles. The molecule has 0 aromatic heterocycles. The first-order chi connectivity index (χ1) is 11.8. The van der Waals surface area contributed by atoms with E-state index in [1.165, 1.54) is 16.7 Å². The second-order valence-electron chi connectivity index (χ2n) is 6.65. The molecule has 0 radical (unpaired) electrons. The lowest BCUT2D eigenvalue weighted by Crippen LogP contribution is -2.44. The lowest BCUT2D eigenvalue weighted by molar-refractivity contribution is 0.308. The molecule has 1 aromatic rings. The van der Waals surface area contributed by atoms with E-state index < -0.39 is 9.84 Å². The van der Waals surface area contributed by atoms with Crippen molar-refractivity contribution in [2.45, 2.75) is 39.7 Å². The molecule has 6 nitrogen and oxygen atoms in total. The van der Waals surface area contributed by atoms with Crippen molar-refractivity contribution < 1.29 is 13.2 Å². The maximum Gasteiger partial charge on any atom is 0.191 e. The Balaban J connectivity index is 0.00000338. The van der Waals surface area contributed by atoms with Gasteiger partial charge < -0.3 is 15.4 Å². The van der Waals surface area contributed by atoms with Crippen LogP contribution in [-0.4, -0.2) is 52.1 Å². The number of guanidine groups is 1. The Morgan fingerprint density at radius 2 is 2.04 bits per heavy atom. The van der Waals surface area contributed by atoms with Gasteiger partial charge in [-0.3, -0.25) is 4.99 Å². The third kappa shape index (κ3) is 6.94. The molecule has 0 spiro atoms. The predicted octanol–water partition coefficient (Wildman–Crippen LogP) is 2.35. The average molecular weight is 495 g/mol. The van der Waals surface area contributed by atoms with Crippen LogP contribution in [0.5, 0.6) is 5.75 Å². The Bertz CT molecular complexity index is 735. The SMILES string of the molecule is CN=C(NCCCOc1cc(C)cc(C)c1C)NC1CCS(=O)(=O)C1.I. The first kappa shape index (κ1) is 23.0. The van der Waals surface area contributed by atoms with Crippen LogP contribution >= 0.6 is 24.0 Å². The third-order valence-electron chi connectivity index (χ3n) is 4.43. The maximum atomic E-state index is 11.5. The highest BCUT2D eigenvalue weighted by molar-refractivity contribution is 14.0. The van der Waals surface area contributed by atoms with E-state index in [4.69, 9.17) is 4.74 Å². The molecule has 1 unspecified atom stereocenters. The zero-order valence-corrected chi connectivity index (χ0v) is 19.1. The van der Waals surface area contributed by atoms with Crippen LogP contribution in [0, 0.1) is 20.8 Å². The number of nitrogens with one attached hydrogen (secondary N) is 2. The smallest absolute Gasteiger partial charge is 0.191 e. The minimum Gasteiger partial charge on any atom is -0.493 e. The summed E-state index contributed by atoms with van der Waals surface area (Å²) >= 11 is 0. The van der Waals surface area contributed by atoms with Gasteiger partial charge in [-0.15, -0.1) is 24.0 Å². The van der Waals surface area contributed by atoms with Crippen molar-refractivity contribution in [2.24, 2.45) is 4.99 Å². The molecule has 1 aromatic carbocycles. The van der Waals surface area contributed by atoms with Crippen molar-refractivity contribution in [1.82, 2.24) is 10.6 Å². The van der Waals surface area contributed by atoms with Gasteiger partial charge in [-0.05, 0) is 56.4 Å². The van der Waals surface area contributed by atoms with Gasteiger partial charge in [-0.2, -0.15) is 0 Å².